The summed E-state index contributed by atoms with van der Waals surface area (Å²) >= 11 is 0. The van der Waals surface area contributed by atoms with Crippen LogP contribution in [0.4, 0.5) is 5.82 Å². The molecule has 3 rings (SSSR count). The predicted octanol–water partition coefficient (Wildman–Crippen LogP) is -1.28. The number of hydrogen-bond acceptors (Lipinski definition) is 8. The van der Waals surface area contributed by atoms with Gasteiger partial charge in [0.1, 0.15) is 24.1 Å². The Labute approximate surface area is 125 Å². The molecule has 4 atom stereocenters. The fourth-order valence-corrected chi connectivity index (χ4v) is 1.88. The molecule has 0 saturated carbocycles. The van der Waals surface area contributed by atoms with Crippen LogP contribution in [0.5, 0.6) is 0 Å². The van der Waals surface area contributed by atoms with Crippen LogP contribution in [0.3, 0.4) is 0 Å². The van der Waals surface area contributed by atoms with Gasteiger partial charge in [0.2, 0.25) is 0 Å². The predicted molar refractivity (Wildman–Crippen MR) is 74.6 cm³/mol. The van der Waals surface area contributed by atoms with Crippen molar-refractivity contribution < 1.29 is 24.5 Å². The number of nitrogen functional groups attached to an aromatic ring is 1. The molecule has 1 unspecified atom stereocenters. The Morgan fingerprint density at radius 3 is 2.45 bits per heavy atom. The monoisotopic (exact) mass is 311 g/mol. The zero-order valence-electron chi connectivity index (χ0n) is 11.5. The van der Waals surface area contributed by atoms with E-state index in [1.54, 1.807) is 12.5 Å². The van der Waals surface area contributed by atoms with Crippen LogP contribution in [0.1, 0.15) is 6.23 Å². The molecule has 9 nitrogen and oxygen atoms in total. The largest absolute Gasteiger partial charge is 0.473 e. The second-order valence-corrected chi connectivity index (χ2v) is 4.61. The van der Waals surface area contributed by atoms with Crippen LogP contribution in [0, 0.1) is 0 Å². The molecular weight excluding hydrogens is 294 g/mol. The van der Waals surface area contributed by atoms with Crippen molar-refractivity contribution in [2.45, 2.75) is 24.5 Å². The molecule has 22 heavy (non-hydrogen) atoms. The Balaban J connectivity index is 0.000000299. The van der Waals surface area contributed by atoms with E-state index in [9.17, 15) is 20.1 Å². The fourth-order valence-electron chi connectivity index (χ4n) is 1.88. The van der Waals surface area contributed by atoms with Crippen molar-refractivity contribution in [3.8, 4) is 0 Å². The molecular formula is C13H17N3O6. The molecule has 1 aliphatic rings. The Kier molecular flexibility index (Phi) is 5.28. The first-order valence-corrected chi connectivity index (χ1v) is 6.48. The number of aromatic nitrogens is 2. The van der Waals surface area contributed by atoms with Crippen molar-refractivity contribution in [3.05, 3.63) is 47.4 Å². The van der Waals surface area contributed by atoms with E-state index in [1.165, 1.54) is 12.3 Å². The Morgan fingerprint density at radius 1 is 1.23 bits per heavy atom. The van der Waals surface area contributed by atoms with Gasteiger partial charge in [-0.2, -0.15) is 4.98 Å². The van der Waals surface area contributed by atoms with Crippen molar-refractivity contribution in [2.75, 3.05) is 12.3 Å². The minimum absolute atomic E-state index is 0.0529. The van der Waals surface area contributed by atoms with Gasteiger partial charge in [0.05, 0.1) is 19.1 Å². The minimum Gasteiger partial charge on any atom is -0.473 e. The van der Waals surface area contributed by atoms with Gasteiger partial charge in [-0.05, 0) is 18.2 Å². The van der Waals surface area contributed by atoms with Gasteiger partial charge >= 0.3 is 5.69 Å². The highest BCUT2D eigenvalue weighted by atomic mass is 16.5. The van der Waals surface area contributed by atoms with Gasteiger partial charge in [0.25, 0.3) is 0 Å². The van der Waals surface area contributed by atoms with E-state index in [0.717, 1.165) is 4.57 Å². The molecule has 0 bridgehead atoms. The number of furan rings is 1. The second-order valence-electron chi connectivity index (χ2n) is 4.61. The molecule has 2 aromatic heterocycles. The van der Waals surface area contributed by atoms with E-state index >= 15 is 0 Å². The summed E-state index contributed by atoms with van der Waals surface area (Å²) in [5.74, 6) is 0.0529. The second kappa shape index (κ2) is 7.18. The summed E-state index contributed by atoms with van der Waals surface area (Å²) in [6, 6.07) is 5.04. The molecule has 2 aromatic rings. The molecule has 1 fully saturated rings. The summed E-state index contributed by atoms with van der Waals surface area (Å²) < 4.78 is 10.7. The highest BCUT2D eigenvalue weighted by Gasteiger charge is 2.38. The molecule has 0 amide bonds. The normalized spacial score (nSPS) is 27.8. The molecule has 1 aliphatic heterocycles. The molecule has 5 N–H and O–H groups in total. The molecule has 1 saturated heterocycles. The van der Waals surface area contributed by atoms with Gasteiger partial charge in [0, 0.05) is 6.20 Å². The number of ether oxygens (including phenoxy) is 1. The summed E-state index contributed by atoms with van der Waals surface area (Å²) in [7, 11) is 0. The third-order valence-corrected chi connectivity index (χ3v) is 3.03. The van der Waals surface area contributed by atoms with Crippen LogP contribution in [0.2, 0.25) is 0 Å². The zero-order chi connectivity index (χ0) is 16.1. The number of hydrogen-bond donors (Lipinski definition) is 4. The van der Waals surface area contributed by atoms with Crippen LogP contribution in [0.25, 0.3) is 0 Å². The van der Waals surface area contributed by atoms with Gasteiger partial charge in [-0.25, -0.2) is 4.79 Å². The molecule has 3 heterocycles. The van der Waals surface area contributed by atoms with E-state index < -0.39 is 30.2 Å². The van der Waals surface area contributed by atoms with Gasteiger partial charge in [-0.15, -0.1) is 0 Å². The number of nitrogens with two attached hydrogens (primary N) is 1. The first kappa shape index (κ1) is 16.2. The maximum Gasteiger partial charge on any atom is 0.351 e. The number of anilines is 1. The molecule has 120 valence electrons. The maximum atomic E-state index is 11.5. The van der Waals surface area contributed by atoms with Crippen molar-refractivity contribution in [1.29, 1.82) is 0 Å². The van der Waals surface area contributed by atoms with Crippen LogP contribution in [-0.2, 0) is 4.74 Å². The SMILES string of the molecule is Nc1ccn(C2OC[C@@H](O)[C@@H](O)[C@@H]2O)c(=O)n1.c1ccoc1. The molecule has 0 aromatic carbocycles. The Bertz CT molecular complexity index is 612. The molecule has 0 spiro atoms. The quantitative estimate of drug-likeness (QED) is 0.509. The summed E-state index contributed by atoms with van der Waals surface area (Å²) in [5.41, 5.74) is 4.63. The number of nitrogens with zero attached hydrogens (tertiary/aromatic N) is 2. The summed E-state index contributed by atoms with van der Waals surface area (Å²) in [4.78, 5) is 15.0. The number of aliphatic hydroxyl groups excluding tert-OH is 3. The molecule has 9 heteroatoms. The lowest BCUT2D eigenvalue weighted by Gasteiger charge is -2.35. The maximum absolute atomic E-state index is 11.5. The third kappa shape index (κ3) is 3.71. The van der Waals surface area contributed by atoms with E-state index in [4.69, 9.17) is 10.5 Å². The van der Waals surface area contributed by atoms with E-state index in [-0.39, 0.29) is 12.4 Å². The van der Waals surface area contributed by atoms with Gasteiger partial charge in [-0.3, -0.25) is 4.57 Å². The zero-order valence-corrected chi connectivity index (χ0v) is 11.5. The fraction of sp³-hybridized carbons (Fsp3) is 0.385. The van der Waals surface area contributed by atoms with Gasteiger partial charge < -0.3 is 30.2 Å². The third-order valence-electron chi connectivity index (χ3n) is 3.03. The van der Waals surface area contributed by atoms with Crippen LogP contribution >= 0.6 is 0 Å². The number of aliphatic hydroxyl groups is 3. The van der Waals surface area contributed by atoms with Crippen molar-refractivity contribution in [2.24, 2.45) is 0 Å². The standard InChI is InChI=1S/C9H13N3O5.C4H4O/c10-5-1-2-12(9(16)11-5)8-7(15)6(14)4(13)3-17-8;1-2-4-5-3-1/h1-2,4,6-8,13-15H,3H2,(H2,10,11,16);1-4H/t4-,6-,7+,8?;/m1./s1. The van der Waals surface area contributed by atoms with Gasteiger partial charge in [0.15, 0.2) is 6.23 Å². The lowest BCUT2D eigenvalue weighted by molar-refractivity contribution is -0.212. The Morgan fingerprint density at radius 2 is 1.91 bits per heavy atom. The lowest BCUT2D eigenvalue weighted by atomic mass is 10.0. The first-order chi connectivity index (χ1) is 10.5. The van der Waals surface area contributed by atoms with Crippen LogP contribution < -0.4 is 11.4 Å². The van der Waals surface area contributed by atoms with Crippen molar-refractivity contribution in [1.82, 2.24) is 9.55 Å². The van der Waals surface area contributed by atoms with Crippen LogP contribution in [0.15, 0.2) is 46.1 Å². The molecule has 0 radical (unpaired) electrons. The summed E-state index contributed by atoms with van der Waals surface area (Å²) in [6.45, 7) is -0.181. The lowest BCUT2D eigenvalue weighted by Crippen LogP contribution is -2.52. The van der Waals surface area contributed by atoms with Gasteiger partial charge in [-0.1, -0.05) is 0 Å². The van der Waals surface area contributed by atoms with E-state index in [2.05, 4.69) is 9.40 Å². The van der Waals surface area contributed by atoms with Crippen molar-refractivity contribution >= 4 is 5.82 Å². The number of rotatable bonds is 1. The topological polar surface area (TPSA) is 144 Å². The highest BCUT2D eigenvalue weighted by molar-refractivity contribution is 5.23. The summed E-state index contributed by atoms with van der Waals surface area (Å²) in [5, 5.41) is 28.5. The van der Waals surface area contributed by atoms with Crippen LogP contribution in [-0.4, -0.2) is 49.8 Å². The van der Waals surface area contributed by atoms with E-state index in [0.29, 0.717) is 0 Å². The highest BCUT2D eigenvalue weighted by Crippen LogP contribution is 2.22. The minimum atomic E-state index is -1.41. The van der Waals surface area contributed by atoms with Crippen molar-refractivity contribution in [3.63, 3.8) is 0 Å². The molecule has 0 aliphatic carbocycles. The average Bonchev–Trinajstić information content (AvgIpc) is 3.06. The Hall–Kier alpha value is -2.20. The van der Waals surface area contributed by atoms with E-state index in [1.807, 2.05) is 12.1 Å². The first-order valence-electron chi connectivity index (χ1n) is 6.48. The smallest absolute Gasteiger partial charge is 0.351 e. The average molecular weight is 311 g/mol. The summed E-state index contributed by atoms with van der Waals surface area (Å²) in [6.07, 6.45) is -0.504.